The normalized spacial score (nSPS) is 12.9. The van der Waals surface area contributed by atoms with Gasteiger partial charge in [0.25, 0.3) is 0 Å². The lowest BCUT2D eigenvalue weighted by molar-refractivity contribution is 0.195. The predicted molar refractivity (Wildman–Crippen MR) is 71.5 cm³/mol. The molecule has 1 unspecified atom stereocenters. The predicted octanol–water partition coefficient (Wildman–Crippen LogP) is 3.74. The van der Waals surface area contributed by atoms with Crippen molar-refractivity contribution in [3.8, 4) is 5.75 Å². The van der Waals surface area contributed by atoms with Crippen LogP contribution in [0.5, 0.6) is 5.75 Å². The molecule has 0 aliphatic carbocycles. The Morgan fingerprint density at radius 3 is 2.33 bits per heavy atom. The van der Waals surface area contributed by atoms with Gasteiger partial charge in [-0.1, -0.05) is 31.9 Å². The Morgan fingerprint density at radius 2 is 1.87 bits per heavy atom. The summed E-state index contributed by atoms with van der Waals surface area (Å²) in [7, 11) is 0. The van der Waals surface area contributed by atoms with E-state index in [1.807, 2.05) is 0 Å². The van der Waals surface area contributed by atoms with Gasteiger partial charge in [-0.15, -0.1) is 0 Å². The molecule has 1 aromatic carbocycles. The summed E-state index contributed by atoms with van der Waals surface area (Å²) in [4.78, 5) is 0. The van der Waals surface area contributed by atoms with Crippen LogP contribution in [-0.4, -0.2) is 16.3 Å². The van der Waals surface area contributed by atoms with Gasteiger partial charge in [-0.2, -0.15) is 0 Å². The van der Waals surface area contributed by atoms with Crippen molar-refractivity contribution in [2.75, 3.05) is 0 Å². The number of halogens is 3. The molecule has 1 rings (SSSR count). The molecule has 0 aliphatic rings. The van der Waals surface area contributed by atoms with Crippen molar-refractivity contribution in [2.45, 2.75) is 24.8 Å². The Labute approximate surface area is 114 Å². The number of aromatic hydroxyl groups is 1. The highest BCUT2D eigenvalue weighted by molar-refractivity contribution is 9.11. The molecule has 2 nitrogen and oxygen atoms in total. The summed E-state index contributed by atoms with van der Waals surface area (Å²) in [5, 5.41) is 19.8. The van der Waals surface area contributed by atoms with Crippen molar-refractivity contribution in [3.63, 3.8) is 0 Å². The Hall–Kier alpha value is 0.420. The van der Waals surface area contributed by atoms with Gasteiger partial charge in [0.15, 0.2) is 0 Å². The molecule has 0 saturated heterocycles. The smallest absolute Gasteiger partial charge is 0.134 e. The first-order chi connectivity index (χ1) is 6.97. The lowest BCUT2D eigenvalue weighted by Crippen LogP contribution is -2.07. The van der Waals surface area contributed by atoms with E-state index in [2.05, 4.69) is 47.8 Å². The Morgan fingerprint density at radius 1 is 1.27 bits per heavy atom. The zero-order valence-electron chi connectivity index (χ0n) is 8.10. The minimum atomic E-state index is -0.431. The van der Waals surface area contributed by atoms with E-state index >= 15 is 0 Å². The van der Waals surface area contributed by atoms with Crippen LogP contribution in [0, 0.1) is 0 Å². The van der Waals surface area contributed by atoms with Gasteiger partial charge < -0.3 is 10.2 Å². The molecule has 0 bridgehead atoms. The fourth-order valence-corrected chi connectivity index (χ4v) is 3.37. The topological polar surface area (TPSA) is 40.5 Å². The van der Waals surface area contributed by atoms with Crippen molar-refractivity contribution in [2.24, 2.45) is 0 Å². The molecule has 0 radical (unpaired) electrons. The van der Waals surface area contributed by atoms with Crippen LogP contribution in [0.2, 0.25) is 0 Å². The summed E-state index contributed by atoms with van der Waals surface area (Å²) in [6.45, 7) is 1.73. The van der Waals surface area contributed by atoms with Crippen LogP contribution >= 0.6 is 47.8 Å². The molecule has 0 heterocycles. The monoisotopic (exact) mass is 400 g/mol. The van der Waals surface area contributed by atoms with Crippen LogP contribution in [0.15, 0.2) is 15.0 Å². The molecule has 2 N–H and O–H groups in total. The van der Waals surface area contributed by atoms with Crippen LogP contribution in [0.1, 0.15) is 18.1 Å². The third-order valence-electron chi connectivity index (χ3n) is 2.05. The van der Waals surface area contributed by atoms with Crippen molar-refractivity contribution < 1.29 is 10.2 Å². The molecule has 84 valence electrons. The van der Waals surface area contributed by atoms with Gasteiger partial charge >= 0.3 is 0 Å². The molecule has 0 aromatic heterocycles. The molecule has 0 spiro atoms. The number of alkyl halides is 1. The van der Waals surface area contributed by atoms with Crippen LogP contribution in [0.3, 0.4) is 0 Å². The van der Waals surface area contributed by atoms with Crippen molar-refractivity contribution >= 4 is 47.8 Å². The van der Waals surface area contributed by atoms with E-state index in [1.165, 1.54) is 0 Å². The first-order valence-corrected chi connectivity index (χ1v) is 7.10. The molecule has 1 atom stereocenters. The fraction of sp³-hybridized carbons (Fsp3) is 0.400. The van der Waals surface area contributed by atoms with Gasteiger partial charge in [0.1, 0.15) is 5.75 Å². The van der Waals surface area contributed by atoms with Crippen molar-refractivity contribution in [1.82, 2.24) is 0 Å². The number of aliphatic hydroxyl groups is 1. The second-order valence-electron chi connectivity index (χ2n) is 3.33. The van der Waals surface area contributed by atoms with Crippen molar-refractivity contribution in [1.29, 1.82) is 0 Å². The van der Waals surface area contributed by atoms with Gasteiger partial charge in [0.2, 0.25) is 0 Å². The first-order valence-electron chi connectivity index (χ1n) is 4.40. The number of phenols is 1. The lowest BCUT2D eigenvalue weighted by atomic mass is 10.0. The summed E-state index contributed by atoms with van der Waals surface area (Å²) < 4.78 is 1.54. The molecule has 5 heteroatoms. The minimum Gasteiger partial charge on any atom is -0.506 e. The Balaban J connectivity index is 3.29. The van der Waals surface area contributed by atoms with Gasteiger partial charge in [-0.05, 0) is 40.9 Å². The van der Waals surface area contributed by atoms with Gasteiger partial charge in [0, 0.05) is 15.4 Å². The standard InChI is InChI=1S/C10H11Br3O2/c1-5(14)2-6-7(4-11)10(15)9(13)3-8(6)12/h3,5,14-15H,2,4H2,1H3. The molecule has 0 fully saturated rings. The Kier molecular flexibility index (Phi) is 5.09. The van der Waals surface area contributed by atoms with Crippen molar-refractivity contribution in [3.05, 3.63) is 26.1 Å². The van der Waals surface area contributed by atoms with Gasteiger partial charge in [0.05, 0.1) is 10.6 Å². The molecular weight excluding hydrogens is 392 g/mol. The number of hydrogen-bond donors (Lipinski definition) is 2. The largest absolute Gasteiger partial charge is 0.506 e. The van der Waals surface area contributed by atoms with E-state index in [9.17, 15) is 10.2 Å². The molecule has 15 heavy (non-hydrogen) atoms. The van der Waals surface area contributed by atoms with E-state index in [4.69, 9.17) is 0 Å². The number of rotatable bonds is 3. The highest BCUT2D eigenvalue weighted by Gasteiger charge is 2.15. The second kappa shape index (κ2) is 5.66. The van der Waals surface area contributed by atoms with E-state index in [-0.39, 0.29) is 5.75 Å². The number of aliphatic hydroxyl groups excluding tert-OH is 1. The quantitative estimate of drug-likeness (QED) is 0.756. The zero-order chi connectivity index (χ0) is 11.6. The maximum Gasteiger partial charge on any atom is 0.134 e. The molecule has 0 saturated carbocycles. The average molecular weight is 403 g/mol. The van der Waals surface area contributed by atoms with Crippen LogP contribution in [0.4, 0.5) is 0 Å². The van der Waals surface area contributed by atoms with Gasteiger partial charge in [-0.25, -0.2) is 0 Å². The highest BCUT2D eigenvalue weighted by Crippen LogP contribution is 2.37. The zero-order valence-corrected chi connectivity index (χ0v) is 12.9. The van der Waals surface area contributed by atoms with E-state index < -0.39 is 6.10 Å². The van der Waals surface area contributed by atoms with Crippen LogP contribution in [0.25, 0.3) is 0 Å². The van der Waals surface area contributed by atoms with E-state index in [0.29, 0.717) is 16.2 Å². The van der Waals surface area contributed by atoms with Crippen LogP contribution in [-0.2, 0) is 11.8 Å². The second-order valence-corrected chi connectivity index (χ2v) is 5.60. The highest BCUT2D eigenvalue weighted by atomic mass is 79.9. The fourth-order valence-electron chi connectivity index (χ4n) is 1.36. The minimum absolute atomic E-state index is 0.228. The first kappa shape index (κ1) is 13.5. The van der Waals surface area contributed by atoms with Crippen LogP contribution < -0.4 is 0 Å². The third-order valence-corrected chi connectivity index (χ3v) is 3.92. The lowest BCUT2D eigenvalue weighted by Gasteiger charge is -2.14. The summed E-state index contributed by atoms with van der Waals surface area (Å²) in [5.74, 6) is 0.228. The summed E-state index contributed by atoms with van der Waals surface area (Å²) in [6, 6.07) is 1.79. The summed E-state index contributed by atoms with van der Waals surface area (Å²) >= 11 is 10.0. The summed E-state index contributed by atoms with van der Waals surface area (Å²) in [5.41, 5.74) is 1.74. The third kappa shape index (κ3) is 3.19. The molecule has 1 aromatic rings. The number of benzene rings is 1. The maximum absolute atomic E-state index is 9.84. The SMILES string of the molecule is CC(O)Cc1c(Br)cc(Br)c(O)c1CBr. The van der Waals surface area contributed by atoms with E-state index in [1.54, 1.807) is 13.0 Å². The maximum atomic E-state index is 9.84. The van der Waals surface area contributed by atoms with E-state index in [0.717, 1.165) is 15.6 Å². The Bertz CT molecular complexity index is 364. The van der Waals surface area contributed by atoms with Gasteiger partial charge in [-0.3, -0.25) is 0 Å². The molecular formula is C10H11Br3O2. The number of hydrogen-bond acceptors (Lipinski definition) is 2. The average Bonchev–Trinajstić information content (AvgIpc) is 2.14. The number of phenolic OH excluding ortho intramolecular Hbond substituents is 1. The molecule has 0 aliphatic heterocycles. The summed E-state index contributed by atoms with van der Waals surface area (Å²) in [6.07, 6.45) is 0.0854. The molecule has 0 amide bonds.